The van der Waals surface area contributed by atoms with E-state index in [2.05, 4.69) is 16.4 Å². The van der Waals surface area contributed by atoms with Gasteiger partial charge in [-0.3, -0.25) is 9.78 Å². The Kier molecular flexibility index (Phi) is 3.74. The van der Waals surface area contributed by atoms with E-state index in [1.165, 1.54) is 4.88 Å². The zero-order valence-corrected chi connectivity index (χ0v) is 11.7. The molecular weight excluding hydrogens is 268 g/mol. The van der Waals surface area contributed by atoms with E-state index in [9.17, 15) is 4.79 Å². The van der Waals surface area contributed by atoms with Crippen molar-refractivity contribution < 1.29 is 4.79 Å². The van der Waals surface area contributed by atoms with Gasteiger partial charge in [0.2, 0.25) is 0 Å². The number of thiophene rings is 1. The first-order chi connectivity index (χ1) is 9.83. The number of nitrogens with zero attached hydrogens (tertiary/aromatic N) is 1. The largest absolute Gasteiger partial charge is 0.352 e. The minimum absolute atomic E-state index is 0.0696. The number of hydrogen-bond donors (Lipinski definition) is 1. The summed E-state index contributed by atoms with van der Waals surface area (Å²) in [5.41, 5.74) is 1.51. The molecule has 0 fully saturated rings. The third-order valence-electron chi connectivity index (χ3n) is 3.09. The summed E-state index contributed by atoms with van der Waals surface area (Å²) < 4.78 is 0. The molecule has 4 heteroatoms. The lowest BCUT2D eigenvalue weighted by Gasteiger charge is -2.05. The van der Waals surface area contributed by atoms with Crippen molar-refractivity contribution in [2.45, 2.75) is 6.42 Å². The van der Waals surface area contributed by atoms with Crippen molar-refractivity contribution in [3.05, 3.63) is 64.5 Å². The standard InChI is InChI=1S/C16H14N2OS/c19-16(17-8-7-14-5-3-9-20-14)13-10-12-4-1-2-6-15(12)18-11-13/h1-6,9-11H,7-8H2,(H,17,19). The quantitative estimate of drug-likeness (QED) is 0.798. The first-order valence-corrected chi connectivity index (χ1v) is 7.36. The number of nitrogens with one attached hydrogen (secondary N) is 1. The van der Waals surface area contributed by atoms with Gasteiger partial charge in [-0.15, -0.1) is 11.3 Å². The predicted molar refractivity (Wildman–Crippen MR) is 82.1 cm³/mol. The van der Waals surface area contributed by atoms with E-state index in [0.717, 1.165) is 17.3 Å². The number of amides is 1. The van der Waals surface area contributed by atoms with Gasteiger partial charge in [-0.05, 0) is 30.0 Å². The molecule has 3 rings (SSSR count). The number of hydrogen-bond acceptors (Lipinski definition) is 3. The zero-order valence-electron chi connectivity index (χ0n) is 10.9. The van der Waals surface area contributed by atoms with Gasteiger partial charge < -0.3 is 5.32 Å². The highest BCUT2D eigenvalue weighted by Crippen LogP contribution is 2.13. The molecule has 2 aromatic heterocycles. The van der Waals surface area contributed by atoms with Crippen molar-refractivity contribution in [1.29, 1.82) is 0 Å². The van der Waals surface area contributed by atoms with Gasteiger partial charge >= 0.3 is 0 Å². The predicted octanol–water partition coefficient (Wildman–Crippen LogP) is 3.27. The highest BCUT2D eigenvalue weighted by molar-refractivity contribution is 7.09. The van der Waals surface area contributed by atoms with Gasteiger partial charge in [-0.25, -0.2) is 0 Å². The molecule has 3 nitrogen and oxygen atoms in total. The van der Waals surface area contributed by atoms with Crippen LogP contribution in [0.4, 0.5) is 0 Å². The zero-order chi connectivity index (χ0) is 13.8. The summed E-state index contributed by atoms with van der Waals surface area (Å²) in [6.45, 7) is 0.645. The monoisotopic (exact) mass is 282 g/mol. The second kappa shape index (κ2) is 5.84. The Balaban J connectivity index is 1.66. The summed E-state index contributed by atoms with van der Waals surface area (Å²) >= 11 is 1.71. The fourth-order valence-corrected chi connectivity index (χ4v) is 2.76. The van der Waals surface area contributed by atoms with Crippen LogP contribution >= 0.6 is 11.3 Å². The van der Waals surface area contributed by atoms with Gasteiger partial charge in [-0.2, -0.15) is 0 Å². The van der Waals surface area contributed by atoms with Gasteiger partial charge in [0.1, 0.15) is 0 Å². The highest BCUT2D eigenvalue weighted by atomic mass is 32.1. The molecule has 100 valence electrons. The maximum Gasteiger partial charge on any atom is 0.252 e. The maximum atomic E-state index is 12.1. The van der Waals surface area contributed by atoms with E-state index in [1.54, 1.807) is 17.5 Å². The Labute approximate surface area is 121 Å². The molecule has 2 heterocycles. The molecule has 0 aliphatic heterocycles. The molecule has 1 N–H and O–H groups in total. The number of fused-ring (bicyclic) bond motifs is 1. The fraction of sp³-hybridized carbons (Fsp3) is 0.125. The summed E-state index contributed by atoms with van der Waals surface area (Å²) in [4.78, 5) is 17.7. The van der Waals surface area contributed by atoms with Gasteiger partial charge in [0, 0.05) is 23.0 Å². The molecule has 0 atom stereocenters. The Bertz CT molecular complexity index is 722. The van der Waals surface area contributed by atoms with Crippen LogP contribution in [-0.4, -0.2) is 17.4 Å². The molecule has 0 bridgehead atoms. The van der Waals surface area contributed by atoms with Crippen LogP contribution in [0, 0.1) is 0 Å². The summed E-state index contributed by atoms with van der Waals surface area (Å²) in [5, 5.41) is 5.96. The van der Waals surface area contributed by atoms with E-state index >= 15 is 0 Å². The number of carbonyl (C=O) groups is 1. The number of aromatic nitrogens is 1. The van der Waals surface area contributed by atoms with Crippen molar-refractivity contribution in [3.8, 4) is 0 Å². The van der Waals surface area contributed by atoms with Gasteiger partial charge in [-0.1, -0.05) is 24.3 Å². The summed E-state index contributed by atoms with van der Waals surface area (Å²) in [7, 11) is 0. The molecule has 0 unspecified atom stereocenters. The minimum Gasteiger partial charge on any atom is -0.352 e. The normalized spacial score (nSPS) is 10.6. The van der Waals surface area contributed by atoms with Gasteiger partial charge in [0.05, 0.1) is 11.1 Å². The fourth-order valence-electron chi connectivity index (χ4n) is 2.05. The van der Waals surface area contributed by atoms with Crippen LogP contribution < -0.4 is 5.32 Å². The lowest BCUT2D eigenvalue weighted by molar-refractivity contribution is 0.0954. The van der Waals surface area contributed by atoms with E-state index < -0.39 is 0 Å². The van der Waals surface area contributed by atoms with Crippen molar-refractivity contribution in [1.82, 2.24) is 10.3 Å². The topological polar surface area (TPSA) is 42.0 Å². The molecule has 0 saturated carbocycles. The van der Waals surface area contributed by atoms with E-state index in [1.807, 2.05) is 41.8 Å². The minimum atomic E-state index is -0.0696. The molecule has 0 radical (unpaired) electrons. The molecular formula is C16H14N2OS. The number of carbonyl (C=O) groups excluding carboxylic acids is 1. The average molecular weight is 282 g/mol. The molecule has 0 aliphatic carbocycles. The number of pyridine rings is 1. The molecule has 0 spiro atoms. The molecule has 1 aromatic carbocycles. The third kappa shape index (κ3) is 2.86. The van der Waals surface area contributed by atoms with Crippen LogP contribution in [0.2, 0.25) is 0 Å². The Morgan fingerprint density at radius 3 is 2.95 bits per heavy atom. The summed E-state index contributed by atoms with van der Waals surface area (Å²) in [5.74, 6) is -0.0696. The van der Waals surface area contributed by atoms with Crippen LogP contribution in [0.25, 0.3) is 10.9 Å². The average Bonchev–Trinajstić information content (AvgIpc) is 3.00. The smallest absolute Gasteiger partial charge is 0.252 e. The lowest BCUT2D eigenvalue weighted by atomic mass is 10.1. The van der Waals surface area contributed by atoms with Gasteiger partial charge in [0.15, 0.2) is 0 Å². The Morgan fingerprint density at radius 1 is 1.20 bits per heavy atom. The van der Waals surface area contributed by atoms with Crippen molar-refractivity contribution in [3.63, 3.8) is 0 Å². The van der Waals surface area contributed by atoms with Crippen LogP contribution in [-0.2, 0) is 6.42 Å². The number of rotatable bonds is 4. The third-order valence-corrected chi connectivity index (χ3v) is 4.03. The summed E-state index contributed by atoms with van der Waals surface area (Å²) in [6, 6.07) is 13.8. The first-order valence-electron chi connectivity index (χ1n) is 6.48. The first kappa shape index (κ1) is 12.8. The SMILES string of the molecule is O=C(NCCc1cccs1)c1cnc2ccccc2c1. The molecule has 0 saturated heterocycles. The summed E-state index contributed by atoms with van der Waals surface area (Å²) in [6.07, 6.45) is 2.49. The molecule has 0 aliphatic rings. The number of benzene rings is 1. The van der Waals surface area contributed by atoms with Crippen LogP contribution in [0.5, 0.6) is 0 Å². The van der Waals surface area contributed by atoms with E-state index in [-0.39, 0.29) is 5.91 Å². The lowest BCUT2D eigenvalue weighted by Crippen LogP contribution is -2.25. The molecule has 20 heavy (non-hydrogen) atoms. The van der Waals surface area contributed by atoms with Crippen molar-refractivity contribution in [2.75, 3.05) is 6.54 Å². The van der Waals surface area contributed by atoms with Crippen molar-refractivity contribution >= 4 is 28.1 Å². The van der Waals surface area contributed by atoms with E-state index in [4.69, 9.17) is 0 Å². The second-order valence-corrected chi connectivity index (χ2v) is 5.53. The van der Waals surface area contributed by atoms with Crippen LogP contribution in [0.3, 0.4) is 0 Å². The Morgan fingerprint density at radius 2 is 2.10 bits per heavy atom. The Hall–Kier alpha value is -2.20. The molecule has 1 amide bonds. The highest BCUT2D eigenvalue weighted by Gasteiger charge is 2.06. The van der Waals surface area contributed by atoms with Crippen LogP contribution in [0.15, 0.2) is 54.0 Å². The van der Waals surface area contributed by atoms with Gasteiger partial charge in [0.25, 0.3) is 5.91 Å². The maximum absolute atomic E-state index is 12.1. The second-order valence-electron chi connectivity index (χ2n) is 4.50. The van der Waals surface area contributed by atoms with E-state index in [0.29, 0.717) is 12.1 Å². The number of para-hydroxylation sites is 1. The molecule has 3 aromatic rings. The van der Waals surface area contributed by atoms with Crippen molar-refractivity contribution in [2.24, 2.45) is 0 Å². The van der Waals surface area contributed by atoms with Crippen LogP contribution in [0.1, 0.15) is 15.2 Å².